The molecule has 2 aromatic rings. The van der Waals surface area contributed by atoms with Gasteiger partial charge in [0.05, 0.1) is 10.6 Å². The topological polar surface area (TPSA) is 67.2 Å². The smallest absolute Gasteiger partial charge is 0.249 e. The molecule has 1 aromatic heterocycles. The van der Waals surface area contributed by atoms with Crippen LogP contribution in [0.2, 0.25) is 0 Å². The third kappa shape index (κ3) is 2.49. The molecule has 0 radical (unpaired) electrons. The van der Waals surface area contributed by atoms with E-state index >= 15 is 0 Å². The number of rotatable bonds is 3. The Balaban J connectivity index is 1.49. The van der Waals surface area contributed by atoms with E-state index < -0.39 is 6.04 Å². The van der Waals surface area contributed by atoms with Gasteiger partial charge in [0.1, 0.15) is 6.04 Å². The summed E-state index contributed by atoms with van der Waals surface area (Å²) in [6, 6.07) is 11.0. The minimum atomic E-state index is -0.420. The second-order valence-electron chi connectivity index (χ2n) is 6.24. The molecule has 6 nitrogen and oxygen atoms in total. The van der Waals surface area contributed by atoms with Gasteiger partial charge in [0.2, 0.25) is 11.8 Å². The van der Waals surface area contributed by atoms with Crippen LogP contribution in [0, 0.1) is 0 Å². The first-order valence-corrected chi connectivity index (χ1v) is 8.93. The molecule has 124 valence electrons. The summed E-state index contributed by atoms with van der Waals surface area (Å²) < 4.78 is 1.71. The third-order valence-corrected chi connectivity index (χ3v) is 6.11. The molecule has 24 heavy (non-hydrogen) atoms. The van der Waals surface area contributed by atoms with Crippen molar-refractivity contribution < 1.29 is 9.59 Å². The molecule has 2 saturated heterocycles. The van der Waals surface area contributed by atoms with E-state index in [0.717, 1.165) is 12.1 Å². The molecular formula is C17H18N4O2S. The van der Waals surface area contributed by atoms with Crippen molar-refractivity contribution >= 4 is 29.4 Å². The van der Waals surface area contributed by atoms with Gasteiger partial charge in [-0.1, -0.05) is 18.2 Å². The Morgan fingerprint density at radius 2 is 2.12 bits per heavy atom. The summed E-state index contributed by atoms with van der Waals surface area (Å²) in [7, 11) is 0. The molecule has 0 spiro atoms. The van der Waals surface area contributed by atoms with Crippen molar-refractivity contribution in [3.05, 3.63) is 42.6 Å². The van der Waals surface area contributed by atoms with Crippen molar-refractivity contribution in [3.8, 4) is 5.69 Å². The lowest BCUT2D eigenvalue weighted by Crippen LogP contribution is -2.48. The van der Waals surface area contributed by atoms with Crippen LogP contribution in [0.25, 0.3) is 5.69 Å². The summed E-state index contributed by atoms with van der Waals surface area (Å²) in [6.45, 7) is 2.04. The van der Waals surface area contributed by atoms with Crippen molar-refractivity contribution in [2.24, 2.45) is 0 Å². The van der Waals surface area contributed by atoms with Gasteiger partial charge in [0.25, 0.3) is 0 Å². The van der Waals surface area contributed by atoms with Gasteiger partial charge in [-0.25, -0.2) is 4.68 Å². The first kappa shape index (κ1) is 15.3. The maximum atomic E-state index is 12.6. The fourth-order valence-electron chi connectivity index (χ4n) is 3.34. The van der Waals surface area contributed by atoms with Gasteiger partial charge in [-0.15, -0.1) is 11.8 Å². The first-order chi connectivity index (χ1) is 11.6. The minimum Gasteiger partial charge on any atom is -0.315 e. The molecule has 0 aliphatic carbocycles. The lowest BCUT2D eigenvalue weighted by atomic mass is 10.2. The van der Waals surface area contributed by atoms with Gasteiger partial charge in [0.15, 0.2) is 5.82 Å². The molecule has 7 heteroatoms. The lowest BCUT2D eigenvalue weighted by molar-refractivity contribution is -0.135. The Bertz CT molecular complexity index is 791. The fraction of sp³-hybridized carbons (Fsp3) is 0.353. The number of hydrogen-bond acceptors (Lipinski definition) is 4. The Hall–Kier alpha value is -2.28. The number of amides is 2. The van der Waals surface area contributed by atoms with Gasteiger partial charge >= 0.3 is 0 Å². The zero-order chi connectivity index (χ0) is 16.7. The van der Waals surface area contributed by atoms with Gasteiger partial charge in [0, 0.05) is 24.4 Å². The number of fused-ring (bicyclic) bond motifs is 1. The molecule has 0 bridgehead atoms. The number of anilines is 1. The second-order valence-corrected chi connectivity index (χ2v) is 7.74. The SMILES string of the molecule is CC12CCC(=O)N1C(C(=O)Nc1ccn(-c3ccccc3)n1)CS2. The number of carbonyl (C=O) groups is 2. The van der Waals surface area contributed by atoms with Crippen LogP contribution in [0.5, 0.6) is 0 Å². The normalized spacial score (nSPS) is 25.8. The highest BCUT2D eigenvalue weighted by atomic mass is 32.2. The standard InChI is InChI=1S/C17H18N4O2S/c1-17-9-7-15(22)21(17)13(11-24-17)16(23)18-14-8-10-20(19-14)12-5-3-2-4-6-12/h2-6,8,10,13H,7,9,11H2,1H3,(H,18,19,23). The summed E-state index contributed by atoms with van der Waals surface area (Å²) >= 11 is 1.69. The first-order valence-electron chi connectivity index (χ1n) is 7.95. The van der Waals surface area contributed by atoms with Crippen LogP contribution in [0.4, 0.5) is 5.82 Å². The number of nitrogens with zero attached hydrogens (tertiary/aromatic N) is 3. The third-order valence-electron chi connectivity index (χ3n) is 4.61. The molecule has 2 amide bonds. The van der Waals surface area contributed by atoms with Gasteiger partial charge < -0.3 is 10.2 Å². The molecule has 1 N–H and O–H groups in total. The number of para-hydroxylation sites is 1. The van der Waals surface area contributed by atoms with Crippen molar-refractivity contribution in [1.82, 2.24) is 14.7 Å². The second kappa shape index (κ2) is 5.66. The Morgan fingerprint density at radius 3 is 2.92 bits per heavy atom. The average Bonchev–Trinajstić information content (AvgIpc) is 3.25. The number of benzene rings is 1. The van der Waals surface area contributed by atoms with E-state index in [-0.39, 0.29) is 16.7 Å². The average molecular weight is 342 g/mol. The lowest BCUT2D eigenvalue weighted by Gasteiger charge is -2.29. The molecular weight excluding hydrogens is 324 g/mol. The van der Waals surface area contributed by atoms with E-state index in [1.54, 1.807) is 33.6 Å². The number of aromatic nitrogens is 2. The van der Waals surface area contributed by atoms with E-state index in [1.165, 1.54) is 0 Å². The zero-order valence-electron chi connectivity index (χ0n) is 13.3. The van der Waals surface area contributed by atoms with Crippen molar-refractivity contribution in [2.75, 3.05) is 11.1 Å². The van der Waals surface area contributed by atoms with E-state index in [2.05, 4.69) is 10.4 Å². The van der Waals surface area contributed by atoms with Crippen LogP contribution in [0.3, 0.4) is 0 Å². The van der Waals surface area contributed by atoms with Crippen LogP contribution in [-0.4, -0.2) is 43.2 Å². The van der Waals surface area contributed by atoms with Crippen molar-refractivity contribution in [3.63, 3.8) is 0 Å². The molecule has 0 saturated carbocycles. The molecule has 2 aliphatic heterocycles. The summed E-state index contributed by atoms with van der Waals surface area (Å²) in [6.07, 6.45) is 3.14. The largest absolute Gasteiger partial charge is 0.315 e. The maximum absolute atomic E-state index is 12.6. The summed E-state index contributed by atoms with van der Waals surface area (Å²) in [5, 5.41) is 7.23. The predicted molar refractivity (Wildman–Crippen MR) is 92.9 cm³/mol. The highest BCUT2D eigenvalue weighted by Gasteiger charge is 2.52. The van der Waals surface area contributed by atoms with Crippen molar-refractivity contribution in [2.45, 2.75) is 30.7 Å². The highest BCUT2D eigenvalue weighted by molar-refractivity contribution is 8.01. The van der Waals surface area contributed by atoms with Crippen LogP contribution < -0.4 is 5.32 Å². The molecule has 3 heterocycles. The zero-order valence-corrected chi connectivity index (χ0v) is 14.1. The summed E-state index contributed by atoms with van der Waals surface area (Å²) in [5.41, 5.74) is 0.928. The van der Waals surface area contributed by atoms with Gasteiger partial charge in [-0.05, 0) is 25.5 Å². The number of thioether (sulfide) groups is 1. The van der Waals surface area contributed by atoms with E-state index in [4.69, 9.17) is 0 Å². The molecule has 2 unspecified atom stereocenters. The van der Waals surface area contributed by atoms with Crippen LogP contribution in [0.1, 0.15) is 19.8 Å². The van der Waals surface area contributed by atoms with Gasteiger partial charge in [-0.3, -0.25) is 9.59 Å². The van der Waals surface area contributed by atoms with Crippen LogP contribution in [-0.2, 0) is 9.59 Å². The van der Waals surface area contributed by atoms with Gasteiger partial charge in [-0.2, -0.15) is 5.10 Å². The molecule has 2 fully saturated rings. The van der Waals surface area contributed by atoms with Crippen molar-refractivity contribution in [1.29, 1.82) is 0 Å². The van der Waals surface area contributed by atoms with Crippen LogP contribution >= 0.6 is 11.8 Å². The Labute approximate surface area is 144 Å². The Morgan fingerprint density at radius 1 is 1.33 bits per heavy atom. The monoisotopic (exact) mass is 342 g/mol. The van der Waals surface area contributed by atoms with E-state index in [9.17, 15) is 9.59 Å². The molecule has 4 rings (SSSR count). The number of carbonyl (C=O) groups excluding carboxylic acids is 2. The molecule has 1 aromatic carbocycles. The summed E-state index contributed by atoms with van der Waals surface area (Å²) in [4.78, 5) is 26.3. The van der Waals surface area contributed by atoms with E-state index in [1.807, 2.05) is 37.3 Å². The minimum absolute atomic E-state index is 0.0671. The fourth-order valence-corrected chi connectivity index (χ4v) is 4.77. The quantitative estimate of drug-likeness (QED) is 0.929. The Kier molecular flexibility index (Phi) is 3.60. The molecule has 2 aliphatic rings. The number of hydrogen-bond donors (Lipinski definition) is 1. The molecule has 2 atom stereocenters. The summed E-state index contributed by atoms with van der Waals surface area (Å²) in [5.74, 6) is 1.03. The highest BCUT2D eigenvalue weighted by Crippen LogP contribution is 2.47. The maximum Gasteiger partial charge on any atom is 0.249 e. The van der Waals surface area contributed by atoms with E-state index in [0.29, 0.717) is 18.0 Å². The predicted octanol–water partition coefficient (Wildman–Crippen LogP) is 2.26. The van der Waals surface area contributed by atoms with Crippen LogP contribution in [0.15, 0.2) is 42.6 Å². The number of nitrogens with one attached hydrogen (secondary N) is 1.